The second-order valence-electron chi connectivity index (χ2n) is 6.11. The van der Waals surface area contributed by atoms with Crippen molar-refractivity contribution in [2.24, 2.45) is 0 Å². The predicted octanol–water partition coefficient (Wildman–Crippen LogP) is 1.62. The minimum Gasteiger partial charge on any atom is -0.493 e. The van der Waals surface area contributed by atoms with Crippen molar-refractivity contribution in [1.82, 2.24) is 0 Å². The van der Waals surface area contributed by atoms with E-state index >= 15 is 0 Å². The van der Waals surface area contributed by atoms with E-state index in [1.165, 1.54) is 0 Å². The summed E-state index contributed by atoms with van der Waals surface area (Å²) in [6, 6.07) is 14.4. The molecule has 2 aromatic carbocycles. The van der Waals surface area contributed by atoms with Gasteiger partial charge in [0.1, 0.15) is 6.54 Å². The molecule has 0 heterocycles. The standard InChI is InChI=1S/C20H23N3O3/c1-14(20(24)22-17-8-5-15(12-21)6-9-17)23(2)13-16-7-10-18(25-3)19(11-16)26-4/h5-11,14H,13H2,1-4H3,(H,22,24)/p+1/t14-/m0/s1. The Labute approximate surface area is 153 Å². The maximum absolute atomic E-state index is 12.5. The normalized spacial score (nSPS) is 12.6. The van der Waals surface area contributed by atoms with E-state index in [0.717, 1.165) is 10.5 Å². The topological polar surface area (TPSA) is 75.8 Å². The van der Waals surface area contributed by atoms with Crippen LogP contribution in [0.1, 0.15) is 18.1 Å². The Bertz CT molecular complexity index is 797. The minimum atomic E-state index is -0.251. The highest BCUT2D eigenvalue weighted by atomic mass is 16.5. The Kier molecular flexibility index (Phi) is 6.59. The number of carbonyl (C=O) groups is 1. The van der Waals surface area contributed by atoms with Crippen LogP contribution in [0.5, 0.6) is 11.5 Å². The quantitative estimate of drug-likeness (QED) is 0.792. The molecule has 0 bridgehead atoms. The summed E-state index contributed by atoms with van der Waals surface area (Å²) in [4.78, 5) is 13.5. The fraction of sp³-hybridized carbons (Fsp3) is 0.300. The van der Waals surface area contributed by atoms with Crippen LogP contribution in [0.2, 0.25) is 0 Å². The molecule has 0 radical (unpaired) electrons. The van der Waals surface area contributed by atoms with E-state index in [1.54, 1.807) is 38.5 Å². The van der Waals surface area contributed by atoms with Crippen molar-refractivity contribution in [2.75, 3.05) is 26.6 Å². The van der Waals surface area contributed by atoms with E-state index in [2.05, 4.69) is 11.4 Å². The number of nitriles is 1. The van der Waals surface area contributed by atoms with Gasteiger partial charge in [-0.2, -0.15) is 5.26 Å². The van der Waals surface area contributed by atoms with Crippen LogP contribution in [0.25, 0.3) is 0 Å². The number of nitrogens with zero attached hydrogens (tertiary/aromatic N) is 1. The number of rotatable bonds is 7. The van der Waals surface area contributed by atoms with E-state index in [9.17, 15) is 4.79 Å². The summed E-state index contributed by atoms with van der Waals surface area (Å²) in [5.41, 5.74) is 2.30. The fourth-order valence-electron chi connectivity index (χ4n) is 2.57. The number of quaternary nitrogens is 1. The maximum atomic E-state index is 12.5. The summed E-state index contributed by atoms with van der Waals surface area (Å²) >= 11 is 0. The Morgan fingerprint density at radius 1 is 1.15 bits per heavy atom. The Hall–Kier alpha value is -3.04. The third kappa shape index (κ3) is 4.74. The predicted molar refractivity (Wildman–Crippen MR) is 99.4 cm³/mol. The van der Waals surface area contributed by atoms with Crippen LogP contribution in [-0.2, 0) is 11.3 Å². The third-order valence-electron chi connectivity index (χ3n) is 4.34. The number of nitrogens with one attached hydrogen (secondary N) is 2. The smallest absolute Gasteiger partial charge is 0.282 e. The molecule has 0 aliphatic heterocycles. The first kappa shape index (κ1) is 19.3. The van der Waals surface area contributed by atoms with Crippen LogP contribution in [-0.4, -0.2) is 33.2 Å². The van der Waals surface area contributed by atoms with Gasteiger partial charge < -0.3 is 19.7 Å². The molecule has 0 saturated carbocycles. The Balaban J connectivity index is 2.00. The first-order valence-corrected chi connectivity index (χ1v) is 8.32. The molecule has 6 heteroatoms. The molecule has 136 valence electrons. The number of likely N-dealkylation sites (N-methyl/N-ethyl adjacent to an activating group) is 1. The van der Waals surface area contributed by atoms with E-state index in [4.69, 9.17) is 14.7 Å². The lowest BCUT2D eigenvalue weighted by atomic mass is 10.1. The van der Waals surface area contributed by atoms with E-state index in [1.807, 2.05) is 32.2 Å². The summed E-state index contributed by atoms with van der Waals surface area (Å²) in [6.45, 7) is 2.55. The van der Waals surface area contributed by atoms with Crippen molar-refractivity contribution < 1.29 is 19.2 Å². The second-order valence-corrected chi connectivity index (χ2v) is 6.11. The molecule has 0 aliphatic carbocycles. The lowest BCUT2D eigenvalue weighted by Crippen LogP contribution is -3.12. The molecule has 0 spiro atoms. The molecule has 2 N–H and O–H groups in total. The molecule has 1 unspecified atom stereocenters. The zero-order valence-corrected chi connectivity index (χ0v) is 15.5. The highest BCUT2D eigenvalue weighted by Crippen LogP contribution is 2.27. The van der Waals surface area contributed by atoms with Crippen molar-refractivity contribution in [3.63, 3.8) is 0 Å². The van der Waals surface area contributed by atoms with Gasteiger partial charge in [0.2, 0.25) is 0 Å². The van der Waals surface area contributed by atoms with Gasteiger partial charge in [-0.15, -0.1) is 0 Å². The van der Waals surface area contributed by atoms with Gasteiger partial charge in [-0.1, -0.05) is 0 Å². The first-order chi connectivity index (χ1) is 12.5. The average molecular weight is 354 g/mol. The number of ether oxygens (including phenoxy) is 2. The lowest BCUT2D eigenvalue weighted by molar-refractivity contribution is -0.907. The van der Waals surface area contributed by atoms with Crippen molar-refractivity contribution >= 4 is 11.6 Å². The summed E-state index contributed by atoms with van der Waals surface area (Å²) in [7, 11) is 5.18. The van der Waals surface area contributed by atoms with Crippen LogP contribution in [0.15, 0.2) is 42.5 Å². The lowest BCUT2D eigenvalue weighted by Gasteiger charge is -2.21. The second kappa shape index (κ2) is 8.88. The van der Waals surface area contributed by atoms with Gasteiger partial charge in [-0.3, -0.25) is 4.79 Å². The van der Waals surface area contributed by atoms with Crippen molar-refractivity contribution in [3.05, 3.63) is 53.6 Å². The summed E-state index contributed by atoms with van der Waals surface area (Å²) < 4.78 is 10.6. The third-order valence-corrected chi connectivity index (χ3v) is 4.34. The van der Waals surface area contributed by atoms with E-state index in [0.29, 0.717) is 29.3 Å². The molecule has 0 saturated heterocycles. The van der Waals surface area contributed by atoms with Crippen LogP contribution < -0.4 is 19.7 Å². The summed E-state index contributed by atoms with van der Waals surface area (Å²) in [6.07, 6.45) is 0. The highest BCUT2D eigenvalue weighted by molar-refractivity contribution is 5.93. The molecule has 2 aromatic rings. The molecule has 0 aliphatic rings. The zero-order valence-electron chi connectivity index (χ0n) is 15.5. The molecule has 2 rings (SSSR count). The minimum absolute atomic E-state index is 0.0762. The number of methoxy groups -OCH3 is 2. The Morgan fingerprint density at radius 2 is 1.81 bits per heavy atom. The van der Waals surface area contributed by atoms with Gasteiger partial charge in [-0.25, -0.2) is 0 Å². The number of benzene rings is 2. The van der Waals surface area contributed by atoms with Gasteiger partial charge in [0, 0.05) is 11.3 Å². The van der Waals surface area contributed by atoms with Crippen LogP contribution in [0, 0.1) is 11.3 Å². The summed E-state index contributed by atoms with van der Waals surface area (Å²) in [5, 5.41) is 11.7. The molecule has 26 heavy (non-hydrogen) atoms. The Morgan fingerprint density at radius 3 is 2.38 bits per heavy atom. The molecule has 0 fully saturated rings. The van der Waals surface area contributed by atoms with Gasteiger partial charge in [0.15, 0.2) is 17.5 Å². The van der Waals surface area contributed by atoms with Crippen LogP contribution >= 0.6 is 0 Å². The fourth-order valence-corrected chi connectivity index (χ4v) is 2.57. The molecule has 0 aromatic heterocycles. The van der Waals surface area contributed by atoms with Gasteiger partial charge in [0.05, 0.1) is 32.9 Å². The maximum Gasteiger partial charge on any atom is 0.282 e. The zero-order chi connectivity index (χ0) is 19.1. The van der Waals surface area contributed by atoms with Crippen LogP contribution in [0.3, 0.4) is 0 Å². The van der Waals surface area contributed by atoms with Crippen molar-refractivity contribution in [2.45, 2.75) is 19.5 Å². The van der Waals surface area contributed by atoms with E-state index in [-0.39, 0.29) is 11.9 Å². The molecule has 1 amide bonds. The molecule has 2 atom stereocenters. The number of hydrogen-bond donors (Lipinski definition) is 2. The summed E-state index contributed by atoms with van der Waals surface area (Å²) in [5.74, 6) is 1.28. The SMILES string of the molecule is COc1ccc(C[NH+](C)[C@@H](C)C(=O)Nc2ccc(C#N)cc2)cc1OC. The van der Waals surface area contributed by atoms with E-state index < -0.39 is 0 Å². The monoisotopic (exact) mass is 354 g/mol. The number of anilines is 1. The van der Waals surface area contributed by atoms with Gasteiger partial charge in [0.25, 0.3) is 5.91 Å². The molecular formula is C20H24N3O3+. The first-order valence-electron chi connectivity index (χ1n) is 8.32. The molecule has 6 nitrogen and oxygen atoms in total. The van der Waals surface area contributed by atoms with Gasteiger partial charge in [-0.05, 0) is 49.4 Å². The largest absolute Gasteiger partial charge is 0.493 e. The van der Waals surface area contributed by atoms with Crippen molar-refractivity contribution in [3.8, 4) is 17.6 Å². The number of amides is 1. The van der Waals surface area contributed by atoms with Crippen LogP contribution in [0.4, 0.5) is 5.69 Å². The highest BCUT2D eigenvalue weighted by Gasteiger charge is 2.22. The molecular weight excluding hydrogens is 330 g/mol. The number of hydrogen-bond acceptors (Lipinski definition) is 4. The van der Waals surface area contributed by atoms with Crippen molar-refractivity contribution in [1.29, 1.82) is 5.26 Å². The number of carbonyl (C=O) groups excluding carboxylic acids is 1. The van der Waals surface area contributed by atoms with Gasteiger partial charge >= 0.3 is 0 Å². The average Bonchev–Trinajstić information content (AvgIpc) is 2.67.